The SMILES string of the molecule is C=C(C)CNC(=S)N1CCN(Cc2ccccc2)C[C@H]1C. The summed E-state index contributed by atoms with van der Waals surface area (Å²) in [6.07, 6.45) is 0. The van der Waals surface area contributed by atoms with Gasteiger partial charge in [0.05, 0.1) is 0 Å². The Kier molecular flexibility index (Phi) is 5.76. The van der Waals surface area contributed by atoms with Crippen molar-refractivity contribution in [1.29, 1.82) is 0 Å². The molecule has 2 rings (SSSR count). The van der Waals surface area contributed by atoms with Crippen molar-refractivity contribution in [2.75, 3.05) is 26.2 Å². The van der Waals surface area contributed by atoms with Crippen LogP contribution < -0.4 is 5.32 Å². The Morgan fingerprint density at radius 1 is 1.33 bits per heavy atom. The third-order valence-electron chi connectivity index (χ3n) is 3.76. The molecule has 0 aromatic heterocycles. The Bertz CT molecular complexity index is 486. The molecule has 1 saturated heterocycles. The van der Waals surface area contributed by atoms with E-state index in [9.17, 15) is 0 Å². The first-order chi connectivity index (χ1) is 10.1. The molecular formula is C17H25N3S. The molecule has 0 aliphatic carbocycles. The second-order valence-electron chi connectivity index (χ2n) is 5.88. The molecule has 1 aliphatic rings. The molecule has 4 heteroatoms. The van der Waals surface area contributed by atoms with E-state index in [0.717, 1.165) is 43.4 Å². The fourth-order valence-corrected chi connectivity index (χ4v) is 2.99. The molecule has 0 saturated carbocycles. The second kappa shape index (κ2) is 7.57. The van der Waals surface area contributed by atoms with Crippen molar-refractivity contribution in [3.8, 4) is 0 Å². The number of rotatable bonds is 4. The van der Waals surface area contributed by atoms with Crippen molar-refractivity contribution in [1.82, 2.24) is 15.1 Å². The van der Waals surface area contributed by atoms with Gasteiger partial charge in [0.2, 0.25) is 0 Å². The lowest BCUT2D eigenvalue weighted by Crippen LogP contribution is -2.56. The van der Waals surface area contributed by atoms with E-state index in [1.165, 1.54) is 5.56 Å². The molecule has 0 spiro atoms. The standard InChI is InChI=1S/C17H25N3S/c1-14(2)11-18-17(21)20-10-9-19(12-15(20)3)13-16-7-5-4-6-8-16/h4-8,15H,1,9-13H2,2-3H3,(H,18,21)/t15-/m1/s1. The summed E-state index contributed by atoms with van der Waals surface area (Å²) < 4.78 is 0. The fourth-order valence-electron chi connectivity index (χ4n) is 2.65. The van der Waals surface area contributed by atoms with Gasteiger partial charge in [-0.15, -0.1) is 0 Å². The van der Waals surface area contributed by atoms with E-state index < -0.39 is 0 Å². The molecule has 0 amide bonds. The first-order valence-corrected chi connectivity index (χ1v) is 7.92. The van der Waals surface area contributed by atoms with Crippen molar-refractivity contribution < 1.29 is 0 Å². The highest BCUT2D eigenvalue weighted by Gasteiger charge is 2.25. The smallest absolute Gasteiger partial charge is 0.169 e. The summed E-state index contributed by atoms with van der Waals surface area (Å²) in [6, 6.07) is 11.1. The summed E-state index contributed by atoms with van der Waals surface area (Å²) in [6.45, 7) is 13.0. The van der Waals surface area contributed by atoms with Crippen molar-refractivity contribution >= 4 is 17.3 Å². The van der Waals surface area contributed by atoms with E-state index in [1.54, 1.807) is 0 Å². The zero-order valence-electron chi connectivity index (χ0n) is 13.0. The molecule has 0 bridgehead atoms. The lowest BCUT2D eigenvalue weighted by molar-refractivity contribution is 0.129. The minimum atomic E-state index is 0.438. The van der Waals surface area contributed by atoms with Crippen LogP contribution >= 0.6 is 12.2 Å². The van der Waals surface area contributed by atoms with Gasteiger partial charge in [0, 0.05) is 38.8 Å². The third-order valence-corrected chi connectivity index (χ3v) is 4.14. The molecule has 1 N–H and O–H groups in total. The molecule has 0 unspecified atom stereocenters. The van der Waals surface area contributed by atoms with Crippen LogP contribution in [0.1, 0.15) is 19.4 Å². The number of nitrogens with zero attached hydrogens (tertiary/aromatic N) is 2. The highest BCUT2D eigenvalue weighted by atomic mass is 32.1. The molecule has 21 heavy (non-hydrogen) atoms. The quantitative estimate of drug-likeness (QED) is 0.680. The van der Waals surface area contributed by atoms with E-state index in [4.69, 9.17) is 12.2 Å². The van der Waals surface area contributed by atoms with Crippen LogP contribution in [-0.2, 0) is 6.54 Å². The maximum absolute atomic E-state index is 5.49. The summed E-state index contributed by atoms with van der Waals surface area (Å²) in [7, 11) is 0. The van der Waals surface area contributed by atoms with Crippen LogP contribution in [-0.4, -0.2) is 47.1 Å². The molecule has 1 atom stereocenters. The number of thiocarbonyl (C=S) groups is 1. The topological polar surface area (TPSA) is 18.5 Å². The van der Waals surface area contributed by atoms with Gasteiger partial charge in [-0.2, -0.15) is 0 Å². The molecule has 1 aromatic rings. The minimum Gasteiger partial charge on any atom is -0.359 e. The molecule has 1 aliphatic heterocycles. The van der Waals surface area contributed by atoms with Crippen molar-refractivity contribution in [3.05, 3.63) is 48.0 Å². The van der Waals surface area contributed by atoms with Gasteiger partial charge in [-0.25, -0.2) is 0 Å². The predicted octanol–water partition coefficient (Wildman–Crippen LogP) is 2.64. The average Bonchev–Trinajstić information content (AvgIpc) is 2.46. The monoisotopic (exact) mass is 303 g/mol. The number of benzene rings is 1. The summed E-state index contributed by atoms with van der Waals surface area (Å²) in [5, 5.41) is 4.14. The minimum absolute atomic E-state index is 0.438. The van der Waals surface area contributed by atoms with Gasteiger partial charge >= 0.3 is 0 Å². The van der Waals surface area contributed by atoms with Gasteiger partial charge in [-0.1, -0.05) is 42.5 Å². The molecular weight excluding hydrogens is 278 g/mol. The van der Waals surface area contributed by atoms with Crippen LogP contribution in [0, 0.1) is 0 Å². The Morgan fingerprint density at radius 3 is 2.67 bits per heavy atom. The van der Waals surface area contributed by atoms with Gasteiger partial charge in [0.15, 0.2) is 5.11 Å². The molecule has 1 fully saturated rings. The van der Waals surface area contributed by atoms with Gasteiger partial charge in [-0.05, 0) is 31.6 Å². The molecule has 1 heterocycles. The van der Waals surface area contributed by atoms with Gasteiger partial charge in [0.1, 0.15) is 0 Å². The molecule has 114 valence electrons. The summed E-state index contributed by atoms with van der Waals surface area (Å²) >= 11 is 5.49. The Morgan fingerprint density at radius 2 is 2.05 bits per heavy atom. The van der Waals surface area contributed by atoms with E-state index in [1.807, 2.05) is 6.92 Å². The van der Waals surface area contributed by atoms with Gasteiger partial charge in [0.25, 0.3) is 0 Å². The zero-order chi connectivity index (χ0) is 15.2. The van der Waals surface area contributed by atoms with Crippen LogP contribution in [0.5, 0.6) is 0 Å². The number of hydrogen-bond acceptors (Lipinski definition) is 2. The highest BCUT2D eigenvalue weighted by molar-refractivity contribution is 7.80. The molecule has 3 nitrogen and oxygen atoms in total. The normalized spacial score (nSPS) is 19.3. The highest BCUT2D eigenvalue weighted by Crippen LogP contribution is 2.13. The number of piperazine rings is 1. The largest absolute Gasteiger partial charge is 0.359 e. The predicted molar refractivity (Wildman–Crippen MR) is 93.3 cm³/mol. The zero-order valence-corrected chi connectivity index (χ0v) is 13.8. The maximum atomic E-state index is 5.49. The first-order valence-electron chi connectivity index (χ1n) is 7.51. The van der Waals surface area contributed by atoms with Crippen LogP contribution in [0.2, 0.25) is 0 Å². The third kappa shape index (κ3) is 4.83. The van der Waals surface area contributed by atoms with Crippen molar-refractivity contribution in [2.45, 2.75) is 26.4 Å². The summed E-state index contributed by atoms with van der Waals surface area (Å²) in [4.78, 5) is 4.79. The maximum Gasteiger partial charge on any atom is 0.169 e. The summed E-state index contributed by atoms with van der Waals surface area (Å²) in [5.74, 6) is 0. The van der Waals surface area contributed by atoms with Crippen molar-refractivity contribution in [3.63, 3.8) is 0 Å². The average molecular weight is 303 g/mol. The lowest BCUT2D eigenvalue weighted by Gasteiger charge is -2.41. The molecule has 1 aromatic carbocycles. The summed E-state index contributed by atoms with van der Waals surface area (Å²) in [5.41, 5.74) is 2.48. The van der Waals surface area contributed by atoms with Crippen LogP contribution in [0.3, 0.4) is 0 Å². The van der Waals surface area contributed by atoms with Crippen LogP contribution in [0.4, 0.5) is 0 Å². The molecule has 0 radical (unpaired) electrons. The van der Waals surface area contributed by atoms with E-state index in [-0.39, 0.29) is 0 Å². The second-order valence-corrected chi connectivity index (χ2v) is 6.27. The Hall–Kier alpha value is -1.39. The first kappa shape index (κ1) is 16.0. The number of hydrogen-bond donors (Lipinski definition) is 1. The van der Waals surface area contributed by atoms with Crippen LogP contribution in [0.25, 0.3) is 0 Å². The van der Waals surface area contributed by atoms with Gasteiger partial charge < -0.3 is 10.2 Å². The fraction of sp³-hybridized carbons (Fsp3) is 0.471. The number of nitrogens with one attached hydrogen (secondary N) is 1. The van der Waals surface area contributed by atoms with E-state index >= 15 is 0 Å². The van der Waals surface area contributed by atoms with Gasteiger partial charge in [-0.3, -0.25) is 4.90 Å². The van der Waals surface area contributed by atoms with Crippen molar-refractivity contribution in [2.24, 2.45) is 0 Å². The Balaban J connectivity index is 1.84. The Labute approximate surface area is 133 Å². The van der Waals surface area contributed by atoms with E-state index in [0.29, 0.717) is 6.04 Å². The lowest BCUT2D eigenvalue weighted by atomic mass is 10.1. The van der Waals surface area contributed by atoms with E-state index in [2.05, 4.69) is 59.0 Å². The van der Waals surface area contributed by atoms with Crippen LogP contribution in [0.15, 0.2) is 42.5 Å².